The van der Waals surface area contributed by atoms with E-state index in [1.54, 1.807) is 11.0 Å². The molecule has 1 aromatic heterocycles. The fourth-order valence-corrected chi connectivity index (χ4v) is 2.33. The zero-order valence-corrected chi connectivity index (χ0v) is 11.9. The summed E-state index contributed by atoms with van der Waals surface area (Å²) in [6.45, 7) is 3.06. The second-order valence-electron chi connectivity index (χ2n) is 5.00. The Labute approximate surface area is 124 Å². The first kappa shape index (κ1) is 14.0. The quantitative estimate of drug-likeness (QED) is 0.815. The van der Waals surface area contributed by atoms with Crippen molar-refractivity contribution in [1.82, 2.24) is 20.1 Å². The van der Waals surface area contributed by atoms with Crippen LogP contribution < -0.4 is 10.1 Å². The minimum absolute atomic E-state index is 0.410. The molecule has 0 unspecified atom stereocenters. The van der Waals surface area contributed by atoms with Gasteiger partial charge in [0, 0.05) is 25.8 Å². The smallest absolute Gasteiger partial charge is 0.335 e. The highest BCUT2D eigenvalue weighted by Crippen LogP contribution is 2.08. The third-order valence-corrected chi connectivity index (χ3v) is 3.48. The van der Waals surface area contributed by atoms with Crippen molar-refractivity contribution in [1.29, 1.82) is 0 Å². The zero-order chi connectivity index (χ0) is 14.3. The topological polar surface area (TPSA) is 61.2 Å². The molecule has 0 atom stereocenters. The van der Waals surface area contributed by atoms with Crippen LogP contribution in [0.1, 0.15) is 12.8 Å². The van der Waals surface area contributed by atoms with E-state index in [0.29, 0.717) is 18.7 Å². The first-order chi connectivity index (χ1) is 10.4. The summed E-state index contributed by atoms with van der Waals surface area (Å²) in [7, 11) is 0. The fraction of sp³-hybridized carbons (Fsp3) is 0.467. The highest BCUT2D eigenvalue weighted by Gasteiger charge is 2.12. The number of ether oxygens (including phenoxy) is 2. The Bertz CT molecular complexity index is 538. The number of benzene rings is 1. The monoisotopic (exact) mass is 288 g/mol. The van der Waals surface area contributed by atoms with Gasteiger partial charge in [-0.1, -0.05) is 18.2 Å². The lowest BCUT2D eigenvalue weighted by Crippen LogP contribution is -2.37. The van der Waals surface area contributed by atoms with Crippen molar-refractivity contribution < 1.29 is 9.47 Å². The van der Waals surface area contributed by atoms with E-state index in [0.717, 1.165) is 38.3 Å². The largest absolute Gasteiger partial charge is 0.461 e. The van der Waals surface area contributed by atoms with Crippen molar-refractivity contribution in [2.45, 2.75) is 18.9 Å². The second kappa shape index (κ2) is 7.19. The van der Waals surface area contributed by atoms with E-state index in [4.69, 9.17) is 9.47 Å². The lowest BCUT2D eigenvalue weighted by molar-refractivity contribution is 0.0769. The normalized spacial score (nSPS) is 16.0. The molecule has 6 nitrogen and oxygen atoms in total. The summed E-state index contributed by atoms with van der Waals surface area (Å²) in [5, 5.41) is 7.76. The van der Waals surface area contributed by atoms with E-state index >= 15 is 0 Å². The van der Waals surface area contributed by atoms with Crippen LogP contribution in [0.2, 0.25) is 0 Å². The van der Waals surface area contributed by atoms with E-state index in [1.807, 2.05) is 30.3 Å². The molecule has 2 heterocycles. The first-order valence-corrected chi connectivity index (χ1v) is 7.33. The molecular weight excluding hydrogens is 268 g/mol. The molecule has 2 aromatic rings. The van der Waals surface area contributed by atoms with Crippen LogP contribution in [0.25, 0.3) is 5.69 Å². The number of nitrogens with zero attached hydrogens (tertiary/aromatic N) is 3. The van der Waals surface area contributed by atoms with Crippen LogP contribution in [0.4, 0.5) is 0 Å². The van der Waals surface area contributed by atoms with Gasteiger partial charge in [-0.15, -0.1) is 5.10 Å². The van der Waals surface area contributed by atoms with Gasteiger partial charge in [0.25, 0.3) is 0 Å². The molecule has 6 heteroatoms. The van der Waals surface area contributed by atoms with Gasteiger partial charge in [-0.05, 0) is 25.0 Å². The lowest BCUT2D eigenvalue weighted by Gasteiger charge is -2.22. The van der Waals surface area contributed by atoms with E-state index in [-0.39, 0.29) is 0 Å². The van der Waals surface area contributed by atoms with Gasteiger partial charge >= 0.3 is 6.01 Å². The van der Waals surface area contributed by atoms with Crippen molar-refractivity contribution in [2.75, 3.05) is 26.4 Å². The summed E-state index contributed by atoms with van der Waals surface area (Å²) in [6.07, 6.45) is 3.80. The molecule has 3 rings (SSSR count). The minimum atomic E-state index is 0.410. The lowest BCUT2D eigenvalue weighted by atomic mass is 10.1. The molecule has 112 valence electrons. The molecule has 1 aromatic carbocycles. The maximum absolute atomic E-state index is 5.56. The minimum Gasteiger partial charge on any atom is -0.461 e. The number of hydrogen-bond donors (Lipinski definition) is 1. The third kappa shape index (κ3) is 4.03. The standard InChI is InChI=1S/C15H20N4O2/c1-2-4-14(5-3-1)19-12-17-15(18-19)21-11-8-16-13-6-9-20-10-7-13/h1-5,12-13,16H,6-11H2. The molecular formula is C15H20N4O2. The molecule has 0 saturated carbocycles. The SMILES string of the molecule is c1ccc(-n2cnc(OCCNC3CCOCC3)n2)cc1. The number of rotatable bonds is 6. The number of para-hydroxylation sites is 1. The van der Waals surface area contributed by atoms with Gasteiger partial charge in [-0.25, -0.2) is 4.68 Å². The second-order valence-corrected chi connectivity index (χ2v) is 5.00. The van der Waals surface area contributed by atoms with Gasteiger partial charge < -0.3 is 14.8 Å². The Morgan fingerprint density at radius 3 is 2.86 bits per heavy atom. The van der Waals surface area contributed by atoms with Gasteiger partial charge in [0.2, 0.25) is 0 Å². The molecule has 0 bridgehead atoms. The van der Waals surface area contributed by atoms with Gasteiger partial charge in [0.05, 0.1) is 5.69 Å². The fourth-order valence-electron chi connectivity index (χ4n) is 2.33. The van der Waals surface area contributed by atoms with E-state index < -0.39 is 0 Å². The predicted octanol–water partition coefficient (Wildman–Crippen LogP) is 1.41. The molecule has 1 aliphatic rings. The number of nitrogens with one attached hydrogen (secondary N) is 1. The average molecular weight is 288 g/mol. The highest BCUT2D eigenvalue weighted by atomic mass is 16.5. The Morgan fingerprint density at radius 2 is 2.05 bits per heavy atom. The summed E-state index contributed by atoms with van der Waals surface area (Å²) < 4.78 is 12.6. The summed E-state index contributed by atoms with van der Waals surface area (Å²) in [5.41, 5.74) is 0.972. The zero-order valence-electron chi connectivity index (χ0n) is 11.9. The number of aromatic nitrogens is 3. The van der Waals surface area contributed by atoms with Crippen LogP contribution in [0.15, 0.2) is 36.7 Å². The van der Waals surface area contributed by atoms with Crippen molar-refractivity contribution in [3.8, 4) is 11.7 Å². The van der Waals surface area contributed by atoms with Gasteiger partial charge in [-0.2, -0.15) is 4.98 Å². The van der Waals surface area contributed by atoms with Gasteiger partial charge in [-0.3, -0.25) is 0 Å². The maximum Gasteiger partial charge on any atom is 0.335 e. The van der Waals surface area contributed by atoms with Crippen LogP contribution in [0.5, 0.6) is 6.01 Å². The molecule has 0 amide bonds. The molecule has 1 fully saturated rings. The average Bonchev–Trinajstić information content (AvgIpc) is 3.02. The summed E-state index contributed by atoms with van der Waals surface area (Å²) >= 11 is 0. The van der Waals surface area contributed by atoms with Crippen molar-refractivity contribution in [2.24, 2.45) is 0 Å². The Morgan fingerprint density at radius 1 is 1.24 bits per heavy atom. The van der Waals surface area contributed by atoms with E-state index in [9.17, 15) is 0 Å². The molecule has 0 radical (unpaired) electrons. The van der Waals surface area contributed by atoms with Crippen LogP contribution in [-0.2, 0) is 4.74 Å². The Hall–Kier alpha value is -1.92. The molecule has 1 aliphatic heterocycles. The predicted molar refractivity (Wildman–Crippen MR) is 78.7 cm³/mol. The first-order valence-electron chi connectivity index (χ1n) is 7.33. The Balaban J connectivity index is 1.42. The van der Waals surface area contributed by atoms with Crippen molar-refractivity contribution in [3.63, 3.8) is 0 Å². The number of hydrogen-bond acceptors (Lipinski definition) is 5. The third-order valence-electron chi connectivity index (χ3n) is 3.48. The van der Waals surface area contributed by atoms with Crippen LogP contribution >= 0.6 is 0 Å². The molecule has 0 aliphatic carbocycles. The van der Waals surface area contributed by atoms with Crippen LogP contribution in [0.3, 0.4) is 0 Å². The van der Waals surface area contributed by atoms with Gasteiger partial charge in [0.15, 0.2) is 0 Å². The maximum atomic E-state index is 5.56. The van der Waals surface area contributed by atoms with E-state index in [2.05, 4.69) is 15.4 Å². The van der Waals surface area contributed by atoms with Crippen LogP contribution in [-0.4, -0.2) is 47.2 Å². The van der Waals surface area contributed by atoms with Crippen molar-refractivity contribution in [3.05, 3.63) is 36.7 Å². The molecule has 0 spiro atoms. The van der Waals surface area contributed by atoms with Crippen LogP contribution in [0, 0.1) is 0 Å². The molecule has 1 N–H and O–H groups in total. The van der Waals surface area contributed by atoms with Gasteiger partial charge in [0.1, 0.15) is 12.9 Å². The highest BCUT2D eigenvalue weighted by molar-refractivity contribution is 5.29. The summed E-state index contributed by atoms with van der Waals surface area (Å²) in [5.74, 6) is 0. The molecule has 21 heavy (non-hydrogen) atoms. The Kier molecular flexibility index (Phi) is 4.81. The van der Waals surface area contributed by atoms with Crippen molar-refractivity contribution >= 4 is 0 Å². The van der Waals surface area contributed by atoms with E-state index in [1.165, 1.54) is 0 Å². The summed E-state index contributed by atoms with van der Waals surface area (Å²) in [4.78, 5) is 4.16. The summed E-state index contributed by atoms with van der Waals surface area (Å²) in [6, 6.07) is 10.8. The molecule has 1 saturated heterocycles.